The van der Waals surface area contributed by atoms with E-state index in [2.05, 4.69) is 5.32 Å². The van der Waals surface area contributed by atoms with Crippen LogP contribution in [0.4, 0.5) is 11.4 Å². The Hall–Kier alpha value is -2.77. The molecule has 0 atom stereocenters. The number of thioether (sulfide) groups is 1. The molecule has 0 heterocycles. The smallest absolute Gasteiger partial charge is 0.255 e. The number of rotatable bonds is 7. The van der Waals surface area contributed by atoms with Crippen molar-refractivity contribution in [2.75, 3.05) is 22.1 Å². The van der Waals surface area contributed by atoms with Crippen molar-refractivity contribution in [1.82, 2.24) is 0 Å². The van der Waals surface area contributed by atoms with Gasteiger partial charge in [-0.15, -0.1) is 11.8 Å². The predicted molar refractivity (Wildman–Crippen MR) is 130 cm³/mol. The maximum Gasteiger partial charge on any atom is 0.255 e. The van der Waals surface area contributed by atoms with E-state index in [1.54, 1.807) is 36.0 Å². The molecule has 0 fully saturated rings. The van der Waals surface area contributed by atoms with Crippen LogP contribution in [-0.2, 0) is 16.6 Å². The van der Waals surface area contributed by atoms with Gasteiger partial charge in [0, 0.05) is 16.1 Å². The average Bonchev–Trinajstić information content (AvgIpc) is 2.73. The second-order valence-corrected chi connectivity index (χ2v) is 10.2. The van der Waals surface area contributed by atoms with Gasteiger partial charge in [0.25, 0.3) is 5.91 Å². The van der Waals surface area contributed by atoms with Crippen LogP contribution < -0.4 is 9.62 Å². The number of hydrogen-bond donors (Lipinski definition) is 1. The molecule has 31 heavy (non-hydrogen) atoms. The normalized spacial score (nSPS) is 11.2. The summed E-state index contributed by atoms with van der Waals surface area (Å²) in [7, 11) is -3.48. The second-order valence-electron chi connectivity index (χ2n) is 7.44. The average molecular weight is 455 g/mol. The number of benzene rings is 3. The fraction of sp³-hybridized carbons (Fsp3) is 0.208. The minimum Gasteiger partial charge on any atom is -0.322 e. The fourth-order valence-corrected chi connectivity index (χ4v) is 4.60. The summed E-state index contributed by atoms with van der Waals surface area (Å²) in [5.74, 6) is -0.209. The Labute approximate surface area is 188 Å². The number of carbonyl (C=O) groups is 1. The van der Waals surface area contributed by atoms with Crippen LogP contribution in [-0.4, -0.2) is 26.8 Å². The number of nitrogens with one attached hydrogen (secondary N) is 1. The van der Waals surface area contributed by atoms with Gasteiger partial charge in [-0.2, -0.15) is 0 Å². The van der Waals surface area contributed by atoms with E-state index in [9.17, 15) is 13.2 Å². The van der Waals surface area contributed by atoms with E-state index in [0.29, 0.717) is 11.3 Å². The van der Waals surface area contributed by atoms with E-state index in [-0.39, 0.29) is 12.5 Å². The maximum absolute atomic E-state index is 12.6. The van der Waals surface area contributed by atoms with Gasteiger partial charge >= 0.3 is 0 Å². The van der Waals surface area contributed by atoms with Crippen molar-refractivity contribution in [1.29, 1.82) is 0 Å². The third-order valence-electron chi connectivity index (χ3n) is 4.90. The Morgan fingerprint density at radius 3 is 2.35 bits per heavy atom. The third-order valence-corrected chi connectivity index (χ3v) is 6.76. The summed E-state index contributed by atoms with van der Waals surface area (Å²) in [6.07, 6.45) is 3.19. The van der Waals surface area contributed by atoms with E-state index in [1.165, 1.54) is 10.6 Å². The molecule has 0 spiro atoms. The molecule has 0 aliphatic carbocycles. The summed E-state index contributed by atoms with van der Waals surface area (Å²) in [4.78, 5) is 13.7. The van der Waals surface area contributed by atoms with Crippen molar-refractivity contribution in [2.45, 2.75) is 25.3 Å². The van der Waals surface area contributed by atoms with Crippen molar-refractivity contribution in [2.24, 2.45) is 0 Å². The number of carbonyl (C=O) groups excluding carboxylic acids is 1. The predicted octanol–water partition coefficient (Wildman–Crippen LogP) is 5.24. The van der Waals surface area contributed by atoms with Crippen LogP contribution >= 0.6 is 11.8 Å². The summed E-state index contributed by atoms with van der Waals surface area (Å²) < 4.78 is 26.4. The Morgan fingerprint density at radius 2 is 1.71 bits per heavy atom. The largest absolute Gasteiger partial charge is 0.322 e. The van der Waals surface area contributed by atoms with Gasteiger partial charge in [-0.1, -0.05) is 30.3 Å². The lowest BCUT2D eigenvalue weighted by Crippen LogP contribution is -2.30. The number of anilines is 2. The van der Waals surface area contributed by atoms with Crippen LogP contribution in [0.25, 0.3) is 0 Å². The number of amides is 1. The zero-order chi connectivity index (χ0) is 22.6. The second kappa shape index (κ2) is 9.58. The molecule has 7 heteroatoms. The molecular weight excluding hydrogens is 428 g/mol. The maximum atomic E-state index is 12.6. The lowest BCUT2D eigenvalue weighted by molar-refractivity contribution is 0.102. The van der Waals surface area contributed by atoms with Crippen LogP contribution in [0.1, 0.15) is 27.0 Å². The molecule has 0 unspecified atom stereocenters. The van der Waals surface area contributed by atoms with Crippen molar-refractivity contribution >= 4 is 39.1 Å². The molecule has 3 rings (SSSR count). The first-order chi connectivity index (χ1) is 14.7. The number of nitrogens with zero attached hydrogens (tertiary/aromatic N) is 1. The Morgan fingerprint density at radius 1 is 1.00 bits per heavy atom. The Kier molecular flexibility index (Phi) is 7.08. The quantitative estimate of drug-likeness (QED) is 0.496. The van der Waals surface area contributed by atoms with Crippen molar-refractivity contribution in [3.63, 3.8) is 0 Å². The van der Waals surface area contributed by atoms with Crippen LogP contribution in [0.15, 0.2) is 71.6 Å². The van der Waals surface area contributed by atoms with Gasteiger partial charge in [0.1, 0.15) is 0 Å². The molecule has 0 aromatic heterocycles. The highest BCUT2D eigenvalue weighted by molar-refractivity contribution is 7.98. The highest BCUT2D eigenvalue weighted by Crippen LogP contribution is 2.26. The first-order valence-corrected chi connectivity index (χ1v) is 12.8. The minimum absolute atomic E-state index is 0.195. The summed E-state index contributed by atoms with van der Waals surface area (Å²) in [5, 5.41) is 2.90. The first-order valence-electron chi connectivity index (χ1n) is 9.76. The number of aryl methyl sites for hydroxylation is 2. The molecule has 3 aromatic carbocycles. The van der Waals surface area contributed by atoms with Crippen molar-refractivity contribution in [3.8, 4) is 0 Å². The topological polar surface area (TPSA) is 66.5 Å². The molecule has 3 aromatic rings. The zero-order valence-electron chi connectivity index (χ0n) is 18.0. The monoisotopic (exact) mass is 454 g/mol. The van der Waals surface area contributed by atoms with Gasteiger partial charge in [-0.25, -0.2) is 8.42 Å². The summed E-state index contributed by atoms with van der Waals surface area (Å²) >= 11 is 1.61. The van der Waals surface area contributed by atoms with E-state index >= 15 is 0 Å². The molecule has 1 N–H and O–H groups in total. The molecule has 0 saturated carbocycles. The first kappa shape index (κ1) is 22.9. The van der Waals surface area contributed by atoms with Crippen LogP contribution in [0, 0.1) is 13.8 Å². The summed E-state index contributed by atoms with van der Waals surface area (Å²) in [6.45, 7) is 4.03. The number of sulfonamides is 1. The van der Waals surface area contributed by atoms with Gasteiger partial charge in [0.05, 0.1) is 18.5 Å². The van der Waals surface area contributed by atoms with E-state index < -0.39 is 10.0 Å². The fourth-order valence-electron chi connectivity index (χ4n) is 3.20. The molecule has 0 radical (unpaired) electrons. The van der Waals surface area contributed by atoms with E-state index in [1.807, 2.05) is 62.6 Å². The van der Waals surface area contributed by atoms with Gasteiger partial charge in [-0.05, 0) is 73.2 Å². The van der Waals surface area contributed by atoms with E-state index in [0.717, 1.165) is 27.3 Å². The minimum atomic E-state index is -3.48. The molecule has 0 saturated heterocycles. The standard InChI is InChI=1S/C24H26N2O3S2/c1-17-8-9-18(2)23(14-17)26(31(4,28)29)16-19-10-12-20(13-11-19)24(27)25-21-6-5-7-22(15-21)30-3/h5-15H,16H2,1-4H3,(H,25,27). The SMILES string of the molecule is CSc1cccc(NC(=O)c2ccc(CN(c3cc(C)ccc3C)S(C)(=O)=O)cc2)c1. The lowest BCUT2D eigenvalue weighted by atomic mass is 10.1. The van der Waals surface area contributed by atoms with Crippen molar-refractivity contribution < 1.29 is 13.2 Å². The highest BCUT2D eigenvalue weighted by atomic mass is 32.2. The highest BCUT2D eigenvalue weighted by Gasteiger charge is 2.20. The van der Waals surface area contributed by atoms with Crippen LogP contribution in [0.3, 0.4) is 0 Å². The van der Waals surface area contributed by atoms with Gasteiger partial charge < -0.3 is 5.32 Å². The molecule has 5 nitrogen and oxygen atoms in total. The molecule has 0 aliphatic heterocycles. The Balaban J connectivity index is 1.79. The van der Waals surface area contributed by atoms with Gasteiger partial charge in [0.15, 0.2) is 0 Å². The van der Waals surface area contributed by atoms with Crippen LogP contribution in [0.5, 0.6) is 0 Å². The van der Waals surface area contributed by atoms with Gasteiger partial charge in [-0.3, -0.25) is 9.10 Å². The number of hydrogen-bond acceptors (Lipinski definition) is 4. The molecule has 0 aliphatic rings. The third kappa shape index (κ3) is 5.89. The van der Waals surface area contributed by atoms with Crippen molar-refractivity contribution in [3.05, 3.63) is 89.0 Å². The molecule has 162 valence electrons. The zero-order valence-corrected chi connectivity index (χ0v) is 19.7. The molecule has 1 amide bonds. The van der Waals surface area contributed by atoms with E-state index in [4.69, 9.17) is 0 Å². The lowest BCUT2D eigenvalue weighted by Gasteiger charge is -2.25. The van der Waals surface area contributed by atoms with Gasteiger partial charge in [0.2, 0.25) is 10.0 Å². The van der Waals surface area contributed by atoms with Crippen LogP contribution in [0.2, 0.25) is 0 Å². The molecular formula is C24H26N2O3S2. The Bertz CT molecular complexity index is 1190. The summed E-state index contributed by atoms with van der Waals surface area (Å²) in [5.41, 5.74) is 4.59. The summed E-state index contributed by atoms with van der Waals surface area (Å²) in [6, 6.07) is 20.4. The molecule has 0 bridgehead atoms.